The zero-order chi connectivity index (χ0) is 39.6. The fourth-order valence-corrected chi connectivity index (χ4v) is 10.9. The molecule has 3 nitrogen and oxygen atoms in total. The van der Waals surface area contributed by atoms with E-state index in [0.29, 0.717) is 17.5 Å². The van der Waals surface area contributed by atoms with Crippen LogP contribution in [0.5, 0.6) is 0 Å². The predicted molar refractivity (Wildman–Crippen MR) is 246 cm³/mol. The molecule has 12 rings (SSSR count). The van der Waals surface area contributed by atoms with Crippen LogP contribution in [0.1, 0.15) is 22.3 Å². The second kappa shape index (κ2) is 13.9. The predicted octanol–water partition coefficient (Wildman–Crippen LogP) is 14.2. The van der Waals surface area contributed by atoms with Gasteiger partial charge in [-0.15, -0.1) is 0 Å². The SMILES string of the molecule is c1ccc(-c2nc(-c3ccc(-c4cccc5c4Sc4ccccc4C54c5ccccc5-c5ccccc54)cc3)nc(-c3ccc(-c4ccccc4)c4ccccc34)n2)cc1. The summed E-state index contributed by atoms with van der Waals surface area (Å²) >= 11 is 1.88. The Kier molecular flexibility index (Phi) is 8.00. The monoisotopic (exact) mass is 781 g/mol. The smallest absolute Gasteiger partial charge is 0.164 e. The average molecular weight is 782 g/mol. The summed E-state index contributed by atoms with van der Waals surface area (Å²) in [6, 6.07) is 76.2. The van der Waals surface area contributed by atoms with Gasteiger partial charge in [0.15, 0.2) is 17.5 Å². The molecule has 280 valence electrons. The lowest BCUT2D eigenvalue weighted by molar-refractivity contribution is 0.723. The van der Waals surface area contributed by atoms with Gasteiger partial charge in [-0.25, -0.2) is 15.0 Å². The molecule has 0 amide bonds. The molecule has 4 heteroatoms. The van der Waals surface area contributed by atoms with Crippen molar-refractivity contribution in [3.8, 4) is 67.5 Å². The molecule has 1 spiro atoms. The van der Waals surface area contributed by atoms with Crippen LogP contribution >= 0.6 is 11.8 Å². The molecule has 2 aliphatic rings. The minimum atomic E-state index is -0.418. The molecule has 1 aliphatic heterocycles. The van der Waals surface area contributed by atoms with Crippen LogP contribution in [0.25, 0.3) is 78.3 Å². The zero-order valence-electron chi connectivity index (χ0n) is 32.5. The fraction of sp³-hybridized carbons (Fsp3) is 0.0179. The minimum absolute atomic E-state index is 0.418. The van der Waals surface area contributed by atoms with Gasteiger partial charge in [0, 0.05) is 26.5 Å². The summed E-state index contributed by atoms with van der Waals surface area (Å²) in [6.45, 7) is 0. The molecule has 0 saturated heterocycles. The molecular weight excluding hydrogens is 747 g/mol. The van der Waals surface area contributed by atoms with Gasteiger partial charge in [-0.1, -0.05) is 212 Å². The van der Waals surface area contributed by atoms with Crippen LogP contribution in [0.15, 0.2) is 222 Å². The zero-order valence-corrected chi connectivity index (χ0v) is 33.3. The maximum atomic E-state index is 5.21. The first kappa shape index (κ1) is 34.6. The van der Waals surface area contributed by atoms with E-state index in [1.54, 1.807) is 0 Å². The highest BCUT2D eigenvalue weighted by Crippen LogP contribution is 2.63. The molecule has 0 saturated carbocycles. The van der Waals surface area contributed by atoms with Gasteiger partial charge in [-0.3, -0.25) is 0 Å². The Hall–Kier alpha value is -7.40. The largest absolute Gasteiger partial charge is 0.208 e. The highest BCUT2D eigenvalue weighted by Gasteiger charge is 2.50. The van der Waals surface area contributed by atoms with Gasteiger partial charge < -0.3 is 0 Å². The number of nitrogens with zero attached hydrogens (tertiary/aromatic N) is 3. The summed E-state index contributed by atoms with van der Waals surface area (Å²) in [5.41, 5.74) is 15.1. The van der Waals surface area contributed by atoms with E-state index in [-0.39, 0.29) is 0 Å². The van der Waals surface area contributed by atoms with Gasteiger partial charge in [-0.05, 0) is 78.5 Å². The van der Waals surface area contributed by atoms with Crippen molar-refractivity contribution in [3.63, 3.8) is 0 Å². The highest BCUT2D eigenvalue weighted by atomic mass is 32.2. The Labute approximate surface area is 353 Å². The molecule has 0 unspecified atom stereocenters. The fourth-order valence-electron chi connectivity index (χ4n) is 9.61. The lowest BCUT2D eigenvalue weighted by Crippen LogP contribution is -2.32. The molecule has 1 aliphatic carbocycles. The van der Waals surface area contributed by atoms with E-state index >= 15 is 0 Å². The van der Waals surface area contributed by atoms with Gasteiger partial charge in [0.1, 0.15) is 0 Å². The van der Waals surface area contributed by atoms with Crippen molar-refractivity contribution in [2.24, 2.45) is 0 Å². The normalized spacial score (nSPS) is 13.1. The highest BCUT2D eigenvalue weighted by molar-refractivity contribution is 7.99. The third-order valence-corrected chi connectivity index (χ3v) is 13.5. The molecule has 0 atom stereocenters. The van der Waals surface area contributed by atoms with Crippen molar-refractivity contribution in [2.45, 2.75) is 15.2 Å². The standard InChI is InChI=1S/C56H35N3S/c1-3-16-36(17-4-1)40-34-35-46(43-21-8-7-20-42(40)43)55-58-53(38-18-5-2-6-19-38)57-54(59-55)39-32-30-37(31-33-39)41-24-15-28-50-52(41)60-51-29-14-13-27-49(51)56(50)47-25-11-9-22-44(47)45-23-10-12-26-48(45)56/h1-35H. The number of hydrogen-bond acceptors (Lipinski definition) is 4. The number of hydrogen-bond donors (Lipinski definition) is 0. The third-order valence-electron chi connectivity index (χ3n) is 12.2. The van der Waals surface area contributed by atoms with Gasteiger partial charge >= 0.3 is 0 Å². The number of fused-ring (bicyclic) bond motifs is 10. The van der Waals surface area contributed by atoms with E-state index in [4.69, 9.17) is 15.0 Å². The van der Waals surface area contributed by atoms with Gasteiger partial charge in [-0.2, -0.15) is 0 Å². The summed E-state index contributed by atoms with van der Waals surface area (Å²) in [4.78, 5) is 18.0. The quantitative estimate of drug-likeness (QED) is 0.174. The Morgan fingerprint density at radius 3 is 1.42 bits per heavy atom. The number of rotatable bonds is 5. The molecule has 0 N–H and O–H groups in total. The van der Waals surface area contributed by atoms with Crippen LogP contribution in [0.3, 0.4) is 0 Å². The topological polar surface area (TPSA) is 38.7 Å². The maximum absolute atomic E-state index is 5.21. The first-order chi connectivity index (χ1) is 29.8. The third kappa shape index (κ3) is 5.28. The van der Waals surface area contributed by atoms with Crippen LogP contribution < -0.4 is 0 Å². The van der Waals surface area contributed by atoms with Gasteiger partial charge in [0.05, 0.1) is 5.41 Å². The van der Waals surface area contributed by atoms with E-state index < -0.39 is 5.41 Å². The molecule has 0 bridgehead atoms. The second-order valence-electron chi connectivity index (χ2n) is 15.4. The molecule has 2 heterocycles. The van der Waals surface area contributed by atoms with Crippen molar-refractivity contribution >= 4 is 22.5 Å². The molecule has 0 fully saturated rings. The molecular formula is C56H35N3S. The van der Waals surface area contributed by atoms with Crippen molar-refractivity contribution in [2.75, 3.05) is 0 Å². The first-order valence-electron chi connectivity index (χ1n) is 20.4. The molecule has 60 heavy (non-hydrogen) atoms. The molecule has 9 aromatic carbocycles. The van der Waals surface area contributed by atoms with E-state index in [9.17, 15) is 0 Å². The van der Waals surface area contributed by atoms with Crippen molar-refractivity contribution in [3.05, 3.63) is 235 Å². The van der Waals surface area contributed by atoms with Crippen LogP contribution in [0.4, 0.5) is 0 Å². The van der Waals surface area contributed by atoms with E-state index in [1.807, 2.05) is 30.0 Å². The summed E-state index contributed by atoms with van der Waals surface area (Å²) in [6.07, 6.45) is 0. The molecule has 1 aromatic heterocycles. The lowest BCUT2D eigenvalue weighted by Gasteiger charge is -2.40. The minimum Gasteiger partial charge on any atom is -0.208 e. The Balaban J connectivity index is 0.998. The summed E-state index contributed by atoms with van der Waals surface area (Å²) < 4.78 is 0. The Bertz CT molecular complexity index is 3240. The van der Waals surface area contributed by atoms with Crippen LogP contribution in [-0.4, -0.2) is 15.0 Å². The number of aromatic nitrogens is 3. The van der Waals surface area contributed by atoms with Crippen molar-refractivity contribution in [1.29, 1.82) is 0 Å². The van der Waals surface area contributed by atoms with E-state index in [2.05, 4.69) is 194 Å². The van der Waals surface area contributed by atoms with Gasteiger partial charge in [0.2, 0.25) is 0 Å². The van der Waals surface area contributed by atoms with Crippen molar-refractivity contribution < 1.29 is 0 Å². The lowest BCUT2D eigenvalue weighted by atomic mass is 9.67. The second-order valence-corrected chi connectivity index (χ2v) is 16.5. The Morgan fingerprint density at radius 1 is 0.283 bits per heavy atom. The van der Waals surface area contributed by atoms with E-state index in [1.165, 1.54) is 59.9 Å². The average Bonchev–Trinajstić information content (AvgIpc) is 3.62. The summed E-state index contributed by atoms with van der Waals surface area (Å²) in [5, 5.41) is 2.26. The van der Waals surface area contributed by atoms with Crippen LogP contribution in [0.2, 0.25) is 0 Å². The molecule has 10 aromatic rings. The van der Waals surface area contributed by atoms with Crippen LogP contribution in [-0.2, 0) is 5.41 Å². The van der Waals surface area contributed by atoms with Crippen LogP contribution in [0, 0.1) is 0 Å². The first-order valence-corrected chi connectivity index (χ1v) is 21.2. The van der Waals surface area contributed by atoms with Gasteiger partial charge in [0.25, 0.3) is 0 Å². The summed E-state index contributed by atoms with van der Waals surface area (Å²) in [7, 11) is 0. The van der Waals surface area contributed by atoms with E-state index in [0.717, 1.165) is 33.0 Å². The summed E-state index contributed by atoms with van der Waals surface area (Å²) in [5.74, 6) is 1.93. The van der Waals surface area contributed by atoms with Crippen molar-refractivity contribution in [1.82, 2.24) is 15.0 Å². The Morgan fingerprint density at radius 2 is 0.733 bits per heavy atom. The number of benzene rings is 9. The maximum Gasteiger partial charge on any atom is 0.164 e. The molecule has 0 radical (unpaired) electrons.